The van der Waals surface area contributed by atoms with Gasteiger partial charge < -0.3 is 15.0 Å². The van der Waals surface area contributed by atoms with Crippen molar-refractivity contribution in [3.63, 3.8) is 0 Å². The lowest BCUT2D eigenvalue weighted by molar-refractivity contribution is -0.133. The number of carbonyl (C=O) groups is 2. The van der Waals surface area contributed by atoms with Gasteiger partial charge in [0.05, 0.1) is 19.1 Å². The molecular weight excluding hydrogens is 566 g/mol. The second-order valence-electron chi connectivity index (χ2n) is 9.22. The molecule has 1 N–H and O–H groups in total. The molecule has 1 unspecified atom stereocenters. The van der Waals surface area contributed by atoms with Crippen molar-refractivity contribution in [2.45, 2.75) is 32.1 Å². The van der Waals surface area contributed by atoms with Crippen molar-refractivity contribution in [2.24, 2.45) is 0 Å². The molecule has 202 valence electrons. The highest BCUT2D eigenvalue weighted by Gasteiger charge is 2.25. The third-order valence-corrected chi connectivity index (χ3v) is 8.01. The Bertz CT molecular complexity index is 1170. The maximum Gasteiger partial charge on any atom is 0.230 e. The number of hydrogen-bond acceptors (Lipinski definition) is 7. The summed E-state index contributed by atoms with van der Waals surface area (Å²) in [6.07, 6.45) is 1.76. The SMILES string of the molecule is CCC(C(=O)N(CCCN1CCOCC1)CCC(=O)Nc1nnc(-c2ccc(Br)cc2)s1)c1ccccc1. The predicted molar refractivity (Wildman–Crippen MR) is 154 cm³/mol. The van der Waals surface area contributed by atoms with Gasteiger partial charge in [-0.3, -0.25) is 14.5 Å². The minimum Gasteiger partial charge on any atom is -0.379 e. The lowest BCUT2D eigenvalue weighted by Gasteiger charge is -2.30. The normalized spacial score (nSPS) is 14.7. The van der Waals surface area contributed by atoms with E-state index >= 15 is 0 Å². The molecular formula is C28H34BrN5O3S. The first-order valence-electron chi connectivity index (χ1n) is 13.1. The van der Waals surface area contributed by atoms with Gasteiger partial charge in [-0.05, 0) is 30.5 Å². The molecule has 0 saturated carbocycles. The molecule has 1 aromatic heterocycles. The Labute approximate surface area is 236 Å². The number of amides is 2. The number of nitrogens with zero attached hydrogens (tertiary/aromatic N) is 4. The van der Waals surface area contributed by atoms with Crippen molar-refractivity contribution in [2.75, 3.05) is 51.3 Å². The van der Waals surface area contributed by atoms with Gasteiger partial charge in [0.1, 0.15) is 5.01 Å². The summed E-state index contributed by atoms with van der Waals surface area (Å²) >= 11 is 4.76. The zero-order valence-corrected chi connectivity index (χ0v) is 24.0. The van der Waals surface area contributed by atoms with Gasteiger partial charge in [0.15, 0.2) is 0 Å². The van der Waals surface area contributed by atoms with Crippen LogP contribution < -0.4 is 5.32 Å². The van der Waals surface area contributed by atoms with E-state index in [9.17, 15) is 9.59 Å². The number of halogens is 1. The molecule has 3 aromatic rings. The van der Waals surface area contributed by atoms with E-state index < -0.39 is 0 Å². The lowest BCUT2D eigenvalue weighted by atomic mass is 9.95. The van der Waals surface area contributed by atoms with Crippen LogP contribution in [0.2, 0.25) is 0 Å². The summed E-state index contributed by atoms with van der Waals surface area (Å²) in [5.74, 6) is -0.330. The van der Waals surface area contributed by atoms with Crippen molar-refractivity contribution in [3.05, 3.63) is 64.6 Å². The van der Waals surface area contributed by atoms with E-state index in [1.165, 1.54) is 11.3 Å². The van der Waals surface area contributed by atoms with Crippen molar-refractivity contribution in [1.29, 1.82) is 0 Å². The van der Waals surface area contributed by atoms with E-state index in [1.54, 1.807) is 0 Å². The molecule has 1 saturated heterocycles. The Morgan fingerprint density at radius 1 is 1.08 bits per heavy atom. The highest BCUT2D eigenvalue weighted by atomic mass is 79.9. The minimum absolute atomic E-state index is 0.0712. The van der Waals surface area contributed by atoms with E-state index in [4.69, 9.17) is 4.74 Å². The Morgan fingerprint density at radius 2 is 1.82 bits per heavy atom. The first kappa shape index (κ1) is 28.4. The number of hydrogen-bond donors (Lipinski definition) is 1. The molecule has 10 heteroatoms. The number of rotatable bonds is 12. The monoisotopic (exact) mass is 599 g/mol. The van der Waals surface area contributed by atoms with Crippen LogP contribution in [0.15, 0.2) is 59.1 Å². The van der Waals surface area contributed by atoms with Gasteiger partial charge in [0.25, 0.3) is 0 Å². The Hall–Kier alpha value is -2.66. The zero-order chi connectivity index (χ0) is 26.7. The second kappa shape index (κ2) is 14.5. The summed E-state index contributed by atoms with van der Waals surface area (Å²) in [7, 11) is 0. The number of morpholine rings is 1. The van der Waals surface area contributed by atoms with E-state index in [0.717, 1.165) is 59.9 Å². The minimum atomic E-state index is -0.223. The summed E-state index contributed by atoms with van der Waals surface area (Å²) in [6.45, 7) is 7.25. The Balaban J connectivity index is 1.36. The number of anilines is 1. The molecule has 2 amide bonds. The molecule has 1 fully saturated rings. The van der Waals surface area contributed by atoms with Gasteiger partial charge in [-0.25, -0.2) is 0 Å². The summed E-state index contributed by atoms with van der Waals surface area (Å²) in [4.78, 5) is 30.7. The molecule has 0 spiro atoms. The third-order valence-electron chi connectivity index (χ3n) is 6.60. The molecule has 0 bridgehead atoms. The molecule has 38 heavy (non-hydrogen) atoms. The average molecular weight is 601 g/mol. The van der Waals surface area contributed by atoms with E-state index in [2.05, 4.69) is 36.3 Å². The number of carbonyl (C=O) groups excluding carboxylic acids is 2. The molecule has 1 atom stereocenters. The molecule has 4 rings (SSSR count). The standard InChI is InChI=1S/C28H34BrN5O3S/c1-2-24(21-7-4-3-5-8-21)27(36)34(15-6-14-33-17-19-37-20-18-33)16-13-25(35)30-28-32-31-26(38-28)22-9-11-23(29)12-10-22/h3-5,7-12,24H,2,6,13-20H2,1H3,(H,30,32,35). The van der Waals surface area contributed by atoms with E-state index in [1.807, 2.05) is 66.4 Å². The van der Waals surface area contributed by atoms with Gasteiger partial charge in [0, 0.05) is 49.2 Å². The first-order valence-corrected chi connectivity index (χ1v) is 14.7. The fourth-order valence-electron chi connectivity index (χ4n) is 4.50. The van der Waals surface area contributed by atoms with Crippen LogP contribution in [0, 0.1) is 0 Å². The third kappa shape index (κ3) is 8.17. The van der Waals surface area contributed by atoms with Gasteiger partial charge in [-0.2, -0.15) is 0 Å². The zero-order valence-electron chi connectivity index (χ0n) is 21.6. The molecule has 0 radical (unpaired) electrons. The van der Waals surface area contributed by atoms with Crippen LogP contribution >= 0.6 is 27.3 Å². The topological polar surface area (TPSA) is 87.7 Å². The van der Waals surface area contributed by atoms with Crippen molar-refractivity contribution < 1.29 is 14.3 Å². The van der Waals surface area contributed by atoms with Crippen LogP contribution in [0.3, 0.4) is 0 Å². The maximum atomic E-state index is 13.6. The summed E-state index contributed by atoms with van der Waals surface area (Å²) < 4.78 is 6.43. The summed E-state index contributed by atoms with van der Waals surface area (Å²) in [6, 6.07) is 17.7. The molecule has 2 heterocycles. The summed E-state index contributed by atoms with van der Waals surface area (Å²) in [5.41, 5.74) is 1.95. The molecule has 1 aliphatic heterocycles. The fraction of sp³-hybridized carbons (Fsp3) is 0.429. The quantitative estimate of drug-likeness (QED) is 0.314. The van der Waals surface area contributed by atoms with Crippen LogP contribution in [-0.2, 0) is 14.3 Å². The first-order chi connectivity index (χ1) is 18.5. The maximum absolute atomic E-state index is 13.6. The summed E-state index contributed by atoms with van der Waals surface area (Å²) in [5, 5.41) is 12.4. The largest absolute Gasteiger partial charge is 0.379 e. The van der Waals surface area contributed by atoms with Crippen LogP contribution in [0.4, 0.5) is 5.13 Å². The number of aromatic nitrogens is 2. The lowest BCUT2D eigenvalue weighted by Crippen LogP contribution is -2.41. The van der Waals surface area contributed by atoms with Crippen LogP contribution in [0.1, 0.15) is 37.7 Å². The molecule has 0 aliphatic carbocycles. The number of nitrogens with one attached hydrogen (secondary N) is 1. The van der Waals surface area contributed by atoms with Crippen molar-refractivity contribution in [3.8, 4) is 10.6 Å². The Morgan fingerprint density at radius 3 is 2.53 bits per heavy atom. The van der Waals surface area contributed by atoms with Crippen molar-refractivity contribution >= 4 is 44.2 Å². The van der Waals surface area contributed by atoms with Gasteiger partial charge in [-0.15, -0.1) is 10.2 Å². The van der Waals surface area contributed by atoms with Crippen LogP contribution in [0.5, 0.6) is 0 Å². The number of ether oxygens (including phenoxy) is 1. The van der Waals surface area contributed by atoms with Gasteiger partial charge in [0.2, 0.25) is 16.9 Å². The van der Waals surface area contributed by atoms with E-state index in [-0.39, 0.29) is 24.2 Å². The smallest absolute Gasteiger partial charge is 0.230 e. The predicted octanol–water partition coefficient (Wildman–Crippen LogP) is 5.04. The van der Waals surface area contributed by atoms with Gasteiger partial charge >= 0.3 is 0 Å². The molecule has 1 aliphatic rings. The van der Waals surface area contributed by atoms with Crippen molar-refractivity contribution in [1.82, 2.24) is 20.0 Å². The average Bonchev–Trinajstić information content (AvgIpc) is 3.40. The van der Waals surface area contributed by atoms with E-state index in [0.29, 0.717) is 24.6 Å². The molecule has 2 aromatic carbocycles. The second-order valence-corrected chi connectivity index (χ2v) is 11.1. The number of benzene rings is 2. The highest BCUT2D eigenvalue weighted by molar-refractivity contribution is 9.10. The van der Waals surface area contributed by atoms with Gasteiger partial charge in [-0.1, -0.05) is 76.7 Å². The molecule has 8 nitrogen and oxygen atoms in total. The van der Waals surface area contributed by atoms with Crippen LogP contribution in [0.25, 0.3) is 10.6 Å². The fourth-order valence-corrected chi connectivity index (χ4v) is 5.53. The Kier molecular flexibility index (Phi) is 10.8. The highest BCUT2D eigenvalue weighted by Crippen LogP contribution is 2.27. The van der Waals surface area contributed by atoms with Crippen LogP contribution in [-0.4, -0.2) is 77.7 Å².